The Hall–Kier alpha value is -2.93. The number of H-pyrrole nitrogens is 2. The summed E-state index contributed by atoms with van der Waals surface area (Å²) in [6, 6.07) is 11.7. The standard InChI is InChI=1S/C18H17N5OS/c1-23(8-6-17-19-13-4-2-3-5-14(13)20-17)18(24)16-10-15(21-22-16)12-7-9-25-11-12/h2-5,7,9-11H,6,8H2,1H3,(H,19,20)(H,21,22). The van der Waals surface area contributed by atoms with Gasteiger partial charge >= 0.3 is 0 Å². The van der Waals surface area contributed by atoms with E-state index in [0.29, 0.717) is 18.7 Å². The fourth-order valence-electron chi connectivity index (χ4n) is 2.69. The van der Waals surface area contributed by atoms with Crippen molar-refractivity contribution in [3.05, 3.63) is 58.7 Å². The van der Waals surface area contributed by atoms with Crippen LogP contribution in [0.1, 0.15) is 16.3 Å². The number of imidazole rings is 1. The number of thiophene rings is 1. The number of likely N-dealkylation sites (N-methyl/N-ethyl adjacent to an activating group) is 1. The first kappa shape index (κ1) is 15.6. The number of nitrogens with one attached hydrogen (secondary N) is 2. The summed E-state index contributed by atoms with van der Waals surface area (Å²) in [6.45, 7) is 0.575. The van der Waals surface area contributed by atoms with Crippen LogP contribution in [0.5, 0.6) is 0 Å². The molecule has 126 valence electrons. The van der Waals surface area contributed by atoms with Gasteiger partial charge in [0.25, 0.3) is 5.91 Å². The van der Waals surface area contributed by atoms with Gasteiger partial charge < -0.3 is 9.88 Å². The molecule has 0 atom stereocenters. The average Bonchev–Trinajstić information content (AvgIpc) is 3.38. The first-order chi connectivity index (χ1) is 12.2. The fourth-order valence-corrected chi connectivity index (χ4v) is 3.34. The van der Waals surface area contributed by atoms with Crippen molar-refractivity contribution in [1.82, 2.24) is 25.1 Å². The lowest BCUT2D eigenvalue weighted by atomic mass is 10.2. The second-order valence-electron chi connectivity index (χ2n) is 5.86. The lowest BCUT2D eigenvalue weighted by Gasteiger charge is -2.15. The number of carbonyl (C=O) groups excluding carboxylic acids is 1. The van der Waals surface area contributed by atoms with E-state index in [1.807, 2.05) is 41.1 Å². The summed E-state index contributed by atoms with van der Waals surface area (Å²) in [4.78, 5) is 22.1. The zero-order chi connectivity index (χ0) is 17.2. The molecule has 0 spiro atoms. The van der Waals surface area contributed by atoms with Gasteiger partial charge in [-0.25, -0.2) is 4.98 Å². The normalized spacial score (nSPS) is 11.1. The van der Waals surface area contributed by atoms with Gasteiger partial charge in [-0.05, 0) is 29.6 Å². The minimum absolute atomic E-state index is 0.0786. The maximum atomic E-state index is 12.5. The molecule has 1 amide bonds. The Bertz CT molecular complexity index is 969. The van der Waals surface area contributed by atoms with Crippen molar-refractivity contribution in [3.8, 4) is 11.3 Å². The van der Waals surface area contributed by atoms with Crippen LogP contribution >= 0.6 is 11.3 Å². The van der Waals surface area contributed by atoms with Crippen LogP contribution in [-0.2, 0) is 6.42 Å². The highest BCUT2D eigenvalue weighted by Gasteiger charge is 2.16. The number of carbonyl (C=O) groups is 1. The second kappa shape index (κ2) is 6.52. The molecule has 0 aliphatic heterocycles. The third-order valence-corrected chi connectivity index (χ3v) is 4.78. The van der Waals surface area contributed by atoms with Crippen LogP contribution in [0.3, 0.4) is 0 Å². The van der Waals surface area contributed by atoms with E-state index in [1.165, 1.54) is 0 Å². The number of aromatic amines is 2. The molecule has 2 N–H and O–H groups in total. The molecule has 0 saturated carbocycles. The van der Waals surface area contributed by atoms with E-state index in [1.54, 1.807) is 29.4 Å². The van der Waals surface area contributed by atoms with E-state index in [0.717, 1.165) is 28.1 Å². The molecule has 3 aromatic heterocycles. The van der Waals surface area contributed by atoms with Gasteiger partial charge in [-0.3, -0.25) is 9.89 Å². The molecule has 6 nitrogen and oxygen atoms in total. The Labute approximate surface area is 148 Å². The van der Waals surface area contributed by atoms with Crippen molar-refractivity contribution < 1.29 is 4.79 Å². The van der Waals surface area contributed by atoms with Crippen LogP contribution in [-0.4, -0.2) is 44.6 Å². The van der Waals surface area contributed by atoms with Crippen molar-refractivity contribution in [2.24, 2.45) is 0 Å². The third kappa shape index (κ3) is 3.18. The number of para-hydroxylation sites is 2. The third-order valence-electron chi connectivity index (χ3n) is 4.09. The lowest BCUT2D eigenvalue weighted by molar-refractivity contribution is 0.0790. The highest BCUT2D eigenvalue weighted by atomic mass is 32.1. The molecule has 3 heterocycles. The van der Waals surface area contributed by atoms with E-state index in [9.17, 15) is 4.79 Å². The van der Waals surface area contributed by atoms with Gasteiger partial charge in [0.15, 0.2) is 0 Å². The first-order valence-corrected chi connectivity index (χ1v) is 8.92. The number of amides is 1. The average molecular weight is 351 g/mol. The molecule has 0 radical (unpaired) electrons. The van der Waals surface area contributed by atoms with Crippen molar-refractivity contribution >= 4 is 28.3 Å². The quantitative estimate of drug-likeness (QED) is 0.579. The number of benzene rings is 1. The lowest BCUT2D eigenvalue weighted by Crippen LogP contribution is -2.29. The summed E-state index contributed by atoms with van der Waals surface area (Å²) in [6.07, 6.45) is 0.669. The number of nitrogens with zero attached hydrogens (tertiary/aromatic N) is 3. The van der Waals surface area contributed by atoms with Gasteiger partial charge in [-0.1, -0.05) is 12.1 Å². The zero-order valence-corrected chi connectivity index (χ0v) is 14.5. The first-order valence-electron chi connectivity index (χ1n) is 7.98. The maximum absolute atomic E-state index is 12.5. The van der Waals surface area contributed by atoms with Crippen molar-refractivity contribution in [2.45, 2.75) is 6.42 Å². The van der Waals surface area contributed by atoms with Gasteiger partial charge in [0, 0.05) is 31.0 Å². The van der Waals surface area contributed by atoms with Gasteiger partial charge in [0.2, 0.25) is 0 Å². The molecule has 25 heavy (non-hydrogen) atoms. The number of hydrogen-bond donors (Lipinski definition) is 2. The van der Waals surface area contributed by atoms with Gasteiger partial charge in [0.1, 0.15) is 11.5 Å². The summed E-state index contributed by atoms with van der Waals surface area (Å²) in [5.41, 5.74) is 4.26. The Kier molecular flexibility index (Phi) is 4.07. The molecule has 0 unspecified atom stereocenters. The predicted molar refractivity (Wildman–Crippen MR) is 98.7 cm³/mol. The monoisotopic (exact) mass is 351 g/mol. The predicted octanol–water partition coefficient (Wildman–Crippen LogP) is 3.33. The van der Waals surface area contributed by atoms with Crippen LogP contribution in [0, 0.1) is 0 Å². The largest absolute Gasteiger partial charge is 0.342 e. The molecule has 0 fully saturated rings. The number of hydrogen-bond acceptors (Lipinski definition) is 4. The molecule has 1 aromatic carbocycles. The number of aromatic nitrogens is 4. The summed E-state index contributed by atoms with van der Waals surface area (Å²) in [7, 11) is 1.79. The molecule has 0 aliphatic rings. The maximum Gasteiger partial charge on any atom is 0.271 e. The van der Waals surface area contributed by atoms with E-state index in [2.05, 4.69) is 20.2 Å². The van der Waals surface area contributed by atoms with E-state index >= 15 is 0 Å². The smallest absolute Gasteiger partial charge is 0.271 e. The molecular weight excluding hydrogens is 334 g/mol. The Morgan fingerprint density at radius 2 is 2.16 bits per heavy atom. The highest BCUT2D eigenvalue weighted by Crippen LogP contribution is 2.20. The van der Waals surface area contributed by atoms with Gasteiger partial charge in [-0.2, -0.15) is 16.4 Å². The van der Waals surface area contributed by atoms with E-state index in [-0.39, 0.29) is 5.91 Å². The van der Waals surface area contributed by atoms with Crippen molar-refractivity contribution in [2.75, 3.05) is 13.6 Å². The molecule has 0 saturated heterocycles. The summed E-state index contributed by atoms with van der Waals surface area (Å²) in [5, 5.41) is 11.1. The van der Waals surface area contributed by atoms with Crippen molar-refractivity contribution in [3.63, 3.8) is 0 Å². The number of fused-ring (bicyclic) bond motifs is 1. The summed E-state index contributed by atoms with van der Waals surface area (Å²) < 4.78 is 0. The summed E-state index contributed by atoms with van der Waals surface area (Å²) >= 11 is 1.61. The topological polar surface area (TPSA) is 77.7 Å². The Morgan fingerprint density at radius 3 is 2.96 bits per heavy atom. The molecule has 4 rings (SSSR count). The van der Waals surface area contributed by atoms with Crippen LogP contribution in [0.15, 0.2) is 47.2 Å². The number of rotatable bonds is 5. The second-order valence-corrected chi connectivity index (χ2v) is 6.64. The van der Waals surface area contributed by atoms with E-state index in [4.69, 9.17) is 0 Å². The Morgan fingerprint density at radius 1 is 1.28 bits per heavy atom. The SMILES string of the molecule is CN(CCc1nc2ccccc2[nH]1)C(=O)c1cc(-c2ccsc2)n[nH]1. The van der Waals surface area contributed by atoms with Crippen LogP contribution in [0.2, 0.25) is 0 Å². The molecule has 7 heteroatoms. The molecular formula is C18H17N5OS. The van der Waals surface area contributed by atoms with Crippen molar-refractivity contribution in [1.29, 1.82) is 0 Å². The summed E-state index contributed by atoms with van der Waals surface area (Å²) in [5.74, 6) is 0.800. The van der Waals surface area contributed by atoms with Gasteiger partial charge in [0.05, 0.1) is 16.7 Å². The van der Waals surface area contributed by atoms with Crippen LogP contribution in [0.25, 0.3) is 22.3 Å². The van der Waals surface area contributed by atoms with E-state index < -0.39 is 0 Å². The molecule has 0 bridgehead atoms. The van der Waals surface area contributed by atoms with Crippen LogP contribution in [0.4, 0.5) is 0 Å². The highest BCUT2D eigenvalue weighted by molar-refractivity contribution is 7.08. The Balaban J connectivity index is 1.42. The fraction of sp³-hybridized carbons (Fsp3) is 0.167. The molecule has 4 aromatic rings. The van der Waals surface area contributed by atoms with Gasteiger partial charge in [-0.15, -0.1) is 0 Å². The van der Waals surface area contributed by atoms with Crippen LogP contribution < -0.4 is 0 Å². The minimum Gasteiger partial charge on any atom is -0.342 e. The minimum atomic E-state index is -0.0786. The molecule has 0 aliphatic carbocycles. The zero-order valence-electron chi connectivity index (χ0n) is 13.7.